The fraction of sp³-hybridized carbons (Fsp3) is 0.682. The maximum Gasteiger partial charge on any atom is 0.410 e. The first-order valence-electron chi connectivity index (χ1n) is 10.2. The molecular weight excluding hydrogens is 358 g/mol. The van der Waals surface area contributed by atoms with Crippen molar-refractivity contribution >= 4 is 6.09 Å². The van der Waals surface area contributed by atoms with Crippen LogP contribution >= 0.6 is 0 Å². The summed E-state index contributed by atoms with van der Waals surface area (Å²) in [6.07, 6.45) is 3.69. The van der Waals surface area contributed by atoms with Crippen molar-refractivity contribution in [1.82, 2.24) is 4.90 Å². The molecule has 1 amide bonds. The molecule has 2 saturated heterocycles. The molecule has 2 aliphatic rings. The second-order valence-electron chi connectivity index (χ2n) is 8.93. The van der Waals surface area contributed by atoms with E-state index < -0.39 is 11.2 Å². The maximum absolute atomic E-state index is 12.7. The minimum atomic E-state index is -0.931. The molecule has 6 heteroatoms. The summed E-state index contributed by atoms with van der Waals surface area (Å²) in [5.41, 5.74) is -0.566. The standard InChI is InChI=1S/C22H33NO5/c1-21(2,3)28-20(24)23-17-6-5-7-18(23)15-22(25,14-17)16-8-10-19(11-9-16)27-13-12-26-4/h8-11,17-18,25H,5-7,12-15H2,1-4H3. The van der Waals surface area contributed by atoms with Crippen molar-refractivity contribution in [3.8, 4) is 5.75 Å². The Hall–Kier alpha value is -1.79. The van der Waals surface area contributed by atoms with Gasteiger partial charge in [0, 0.05) is 32.0 Å². The lowest BCUT2D eigenvalue weighted by atomic mass is 9.72. The fourth-order valence-electron chi connectivity index (χ4n) is 4.38. The van der Waals surface area contributed by atoms with E-state index in [1.807, 2.05) is 49.9 Å². The Kier molecular flexibility index (Phi) is 6.20. The van der Waals surface area contributed by atoms with Crippen LogP contribution in [0.2, 0.25) is 0 Å². The third kappa shape index (κ3) is 4.78. The van der Waals surface area contributed by atoms with Gasteiger partial charge in [0.25, 0.3) is 0 Å². The van der Waals surface area contributed by atoms with E-state index in [1.54, 1.807) is 7.11 Å². The van der Waals surface area contributed by atoms with E-state index in [0.29, 0.717) is 26.1 Å². The predicted octanol–water partition coefficient (Wildman–Crippen LogP) is 3.85. The van der Waals surface area contributed by atoms with Gasteiger partial charge >= 0.3 is 6.09 Å². The third-order valence-corrected chi connectivity index (χ3v) is 5.56. The molecule has 2 bridgehead atoms. The lowest BCUT2D eigenvalue weighted by Crippen LogP contribution is -2.59. The number of fused-ring (bicyclic) bond motifs is 2. The van der Waals surface area contributed by atoms with Crippen LogP contribution in [-0.4, -0.2) is 54.1 Å². The predicted molar refractivity (Wildman–Crippen MR) is 106 cm³/mol. The lowest BCUT2D eigenvalue weighted by Gasteiger charge is -2.51. The Labute approximate surface area is 167 Å². The summed E-state index contributed by atoms with van der Waals surface area (Å²) < 4.78 is 16.2. The lowest BCUT2D eigenvalue weighted by molar-refractivity contribution is -0.0965. The van der Waals surface area contributed by atoms with Gasteiger partial charge in [-0.3, -0.25) is 0 Å². The topological polar surface area (TPSA) is 68.2 Å². The van der Waals surface area contributed by atoms with Gasteiger partial charge in [-0.2, -0.15) is 0 Å². The molecule has 0 aromatic heterocycles. The van der Waals surface area contributed by atoms with E-state index in [-0.39, 0.29) is 18.2 Å². The molecule has 0 aliphatic carbocycles. The van der Waals surface area contributed by atoms with Gasteiger partial charge in [-0.1, -0.05) is 12.1 Å². The highest BCUT2D eigenvalue weighted by atomic mass is 16.6. The Morgan fingerprint density at radius 3 is 2.29 bits per heavy atom. The smallest absolute Gasteiger partial charge is 0.410 e. The molecule has 0 radical (unpaired) electrons. The molecule has 1 aromatic carbocycles. The number of benzene rings is 1. The number of hydrogen-bond acceptors (Lipinski definition) is 5. The number of ether oxygens (including phenoxy) is 3. The molecule has 0 saturated carbocycles. The first-order valence-corrected chi connectivity index (χ1v) is 10.2. The number of methoxy groups -OCH3 is 1. The maximum atomic E-state index is 12.7. The van der Waals surface area contributed by atoms with Gasteiger partial charge in [0.1, 0.15) is 18.0 Å². The van der Waals surface area contributed by atoms with Crippen LogP contribution in [0.4, 0.5) is 4.79 Å². The number of aliphatic hydroxyl groups is 1. The van der Waals surface area contributed by atoms with Gasteiger partial charge in [-0.05, 0) is 57.7 Å². The highest BCUT2D eigenvalue weighted by molar-refractivity contribution is 5.69. The zero-order valence-electron chi connectivity index (χ0n) is 17.4. The Balaban J connectivity index is 1.72. The Morgan fingerprint density at radius 2 is 1.75 bits per heavy atom. The molecule has 1 aromatic rings. The van der Waals surface area contributed by atoms with Gasteiger partial charge in [-0.15, -0.1) is 0 Å². The molecule has 6 nitrogen and oxygen atoms in total. The number of rotatable bonds is 5. The van der Waals surface area contributed by atoms with Crippen LogP contribution in [0.1, 0.15) is 58.4 Å². The van der Waals surface area contributed by atoms with E-state index in [0.717, 1.165) is 30.6 Å². The highest BCUT2D eigenvalue weighted by Gasteiger charge is 2.49. The quantitative estimate of drug-likeness (QED) is 0.772. The fourth-order valence-corrected chi connectivity index (χ4v) is 4.38. The van der Waals surface area contributed by atoms with Gasteiger partial charge in [0.15, 0.2) is 0 Å². The molecule has 2 aliphatic heterocycles. The first-order chi connectivity index (χ1) is 13.2. The molecular formula is C22H33NO5. The van der Waals surface area contributed by atoms with E-state index in [4.69, 9.17) is 14.2 Å². The number of nitrogens with zero attached hydrogens (tertiary/aromatic N) is 1. The normalized spacial score (nSPS) is 27.4. The van der Waals surface area contributed by atoms with Crippen LogP contribution in [0.15, 0.2) is 24.3 Å². The zero-order chi connectivity index (χ0) is 20.4. The number of amides is 1. The van der Waals surface area contributed by atoms with Crippen LogP contribution in [-0.2, 0) is 15.1 Å². The average molecular weight is 392 g/mol. The van der Waals surface area contributed by atoms with Crippen molar-refractivity contribution in [2.45, 2.75) is 76.2 Å². The summed E-state index contributed by atoms with van der Waals surface area (Å²) >= 11 is 0. The number of hydrogen-bond donors (Lipinski definition) is 1. The van der Waals surface area contributed by atoms with Gasteiger partial charge in [0.2, 0.25) is 0 Å². The van der Waals surface area contributed by atoms with Crippen LogP contribution < -0.4 is 4.74 Å². The Bertz CT molecular complexity index is 652. The van der Waals surface area contributed by atoms with Crippen molar-refractivity contribution in [3.05, 3.63) is 29.8 Å². The molecule has 156 valence electrons. The van der Waals surface area contributed by atoms with Crippen molar-refractivity contribution in [2.24, 2.45) is 0 Å². The van der Waals surface area contributed by atoms with Gasteiger partial charge < -0.3 is 24.2 Å². The molecule has 28 heavy (non-hydrogen) atoms. The van der Waals surface area contributed by atoms with Crippen molar-refractivity contribution < 1.29 is 24.1 Å². The van der Waals surface area contributed by atoms with Crippen LogP contribution in [0, 0.1) is 0 Å². The monoisotopic (exact) mass is 391 g/mol. The van der Waals surface area contributed by atoms with Crippen LogP contribution in [0.25, 0.3) is 0 Å². The minimum Gasteiger partial charge on any atom is -0.491 e. The van der Waals surface area contributed by atoms with Crippen molar-refractivity contribution in [2.75, 3.05) is 20.3 Å². The summed E-state index contributed by atoms with van der Waals surface area (Å²) in [4.78, 5) is 14.6. The highest BCUT2D eigenvalue weighted by Crippen LogP contribution is 2.45. The third-order valence-electron chi connectivity index (χ3n) is 5.56. The van der Waals surface area contributed by atoms with Gasteiger partial charge in [-0.25, -0.2) is 4.79 Å². The summed E-state index contributed by atoms with van der Waals surface area (Å²) in [6.45, 7) is 6.69. The molecule has 2 heterocycles. The van der Waals surface area contributed by atoms with E-state index >= 15 is 0 Å². The Morgan fingerprint density at radius 1 is 1.14 bits per heavy atom. The average Bonchev–Trinajstić information content (AvgIpc) is 2.60. The van der Waals surface area contributed by atoms with E-state index in [1.165, 1.54) is 0 Å². The zero-order valence-corrected chi connectivity index (χ0v) is 17.4. The summed E-state index contributed by atoms with van der Waals surface area (Å²) in [5, 5.41) is 11.4. The molecule has 3 rings (SSSR count). The van der Waals surface area contributed by atoms with Crippen molar-refractivity contribution in [1.29, 1.82) is 0 Å². The van der Waals surface area contributed by atoms with E-state index in [9.17, 15) is 9.90 Å². The number of piperidine rings is 2. The largest absolute Gasteiger partial charge is 0.491 e. The first kappa shape index (κ1) is 20.9. The molecule has 2 fully saturated rings. The number of carbonyl (C=O) groups excluding carboxylic acids is 1. The van der Waals surface area contributed by atoms with Crippen molar-refractivity contribution in [3.63, 3.8) is 0 Å². The van der Waals surface area contributed by atoms with Crippen LogP contribution in [0.5, 0.6) is 5.75 Å². The molecule has 1 N–H and O–H groups in total. The number of carbonyl (C=O) groups is 1. The minimum absolute atomic E-state index is 0.00461. The summed E-state index contributed by atoms with van der Waals surface area (Å²) in [5.74, 6) is 0.760. The second kappa shape index (κ2) is 8.29. The van der Waals surface area contributed by atoms with E-state index in [2.05, 4.69) is 0 Å². The molecule has 2 unspecified atom stereocenters. The van der Waals surface area contributed by atoms with Crippen LogP contribution in [0.3, 0.4) is 0 Å². The second-order valence-corrected chi connectivity index (χ2v) is 8.93. The molecule has 2 atom stereocenters. The summed E-state index contributed by atoms with van der Waals surface area (Å²) in [7, 11) is 1.64. The SMILES string of the molecule is COCCOc1ccc(C2(O)CC3CCCC(C2)N3C(=O)OC(C)(C)C)cc1. The van der Waals surface area contributed by atoms with Gasteiger partial charge in [0.05, 0.1) is 12.2 Å². The molecule has 0 spiro atoms. The summed E-state index contributed by atoms with van der Waals surface area (Å²) in [6, 6.07) is 7.65.